The van der Waals surface area contributed by atoms with Gasteiger partial charge in [0.2, 0.25) is 5.91 Å². The number of hydrogen-bond acceptors (Lipinski definition) is 3. The molecule has 0 aliphatic heterocycles. The molecule has 0 saturated heterocycles. The van der Waals surface area contributed by atoms with E-state index in [1.54, 1.807) is 7.05 Å². The Labute approximate surface area is 105 Å². The molecule has 1 aromatic heterocycles. The molecule has 1 saturated carbocycles. The maximum Gasteiger partial charge on any atom is 0.358 e. The van der Waals surface area contributed by atoms with Crippen LogP contribution in [0.15, 0.2) is 6.20 Å². The second-order valence-corrected chi connectivity index (χ2v) is 4.69. The lowest BCUT2D eigenvalue weighted by atomic mass is 9.88. The number of rotatable bonds is 3. The Morgan fingerprint density at radius 2 is 2.06 bits per heavy atom. The SMILES string of the molecule is Cn1cc(NC(=O)C2CCCCC2)c(C(=O)O)n1. The molecule has 0 radical (unpaired) electrons. The van der Waals surface area contributed by atoms with Crippen LogP contribution in [0.1, 0.15) is 42.6 Å². The average molecular weight is 251 g/mol. The topological polar surface area (TPSA) is 84.2 Å². The quantitative estimate of drug-likeness (QED) is 0.855. The fourth-order valence-corrected chi connectivity index (χ4v) is 2.34. The highest BCUT2D eigenvalue weighted by Gasteiger charge is 2.23. The van der Waals surface area contributed by atoms with Gasteiger partial charge in [0.25, 0.3) is 0 Å². The van der Waals surface area contributed by atoms with Crippen LogP contribution in [0.3, 0.4) is 0 Å². The van der Waals surface area contributed by atoms with E-state index in [-0.39, 0.29) is 23.2 Å². The Morgan fingerprint density at radius 3 is 2.67 bits per heavy atom. The number of carbonyl (C=O) groups excluding carboxylic acids is 1. The minimum absolute atomic E-state index is 0.000557. The fourth-order valence-electron chi connectivity index (χ4n) is 2.34. The number of carboxylic acids is 1. The van der Waals surface area contributed by atoms with Crippen LogP contribution in [-0.2, 0) is 11.8 Å². The molecule has 2 rings (SSSR count). The smallest absolute Gasteiger partial charge is 0.358 e. The summed E-state index contributed by atoms with van der Waals surface area (Å²) in [5.74, 6) is -1.22. The minimum Gasteiger partial charge on any atom is -0.476 e. The highest BCUT2D eigenvalue weighted by Crippen LogP contribution is 2.25. The van der Waals surface area contributed by atoms with Crippen molar-refractivity contribution in [3.63, 3.8) is 0 Å². The maximum absolute atomic E-state index is 12.0. The molecule has 1 aliphatic rings. The van der Waals surface area contributed by atoms with Gasteiger partial charge < -0.3 is 10.4 Å². The molecule has 6 nitrogen and oxygen atoms in total. The van der Waals surface area contributed by atoms with Crippen LogP contribution in [0.25, 0.3) is 0 Å². The van der Waals surface area contributed by atoms with Crippen LogP contribution in [-0.4, -0.2) is 26.8 Å². The first-order valence-electron chi connectivity index (χ1n) is 6.15. The Hall–Kier alpha value is -1.85. The summed E-state index contributed by atoms with van der Waals surface area (Å²) in [6.07, 6.45) is 6.60. The van der Waals surface area contributed by atoms with Crippen LogP contribution in [0.2, 0.25) is 0 Å². The lowest BCUT2D eigenvalue weighted by Crippen LogP contribution is -2.25. The van der Waals surface area contributed by atoms with Crippen LogP contribution < -0.4 is 5.32 Å². The average Bonchev–Trinajstić information content (AvgIpc) is 2.71. The van der Waals surface area contributed by atoms with E-state index >= 15 is 0 Å². The Bertz CT molecular complexity index is 461. The summed E-state index contributed by atoms with van der Waals surface area (Å²) in [6.45, 7) is 0. The normalized spacial score (nSPS) is 16.5. The highest BCUT2D eigenvalue weighted by molar-refractivity contribution is 5.99. The van der Waals surface area contributed by atoms with Gasteiger partial charge in [-0.25, -0.2) is 4.79 Å². The predicted octanol–water partition coefficient (Wildman–Crippen LogP) is 1.64. The van der Waals surface area contributed by atoms with Crippen LogP contribution in [0.5, 0.6) is 0 Å². The molecular weight excluding hydrogens is 234 g/mol. The van der Waals surface area contributed by atoms with Crippen molar-refractivity contribution >= 4 is 17.6 Å². The standard InChI is InChI=1S/C12H17N3O3/c1-15-7-9(10(14-15)12(17)18)13-11(16)8-5-3-2-4-6-8/h7-8H,2-6H2,1H3,(H,13,16)(H,17,18). The van der Waals surface area contributed by atoms with Gasteiger partial charge in [0.1, 0.15) is 0 Å². The second kappa shape index (κ2) is 5.20. The third-order valence-corrected chi connectivity index (χ3v) is 3.27. The molecule has 18 heavy (non-hydrogen) atoms. The number of aromatic nitrogens is 2. The molecule has 6 heteroatoms. The maximum atomic E-state index is 12.0. The minimum atomic E-state index is -1.13. The van der Waals surface area contributed by atoms with Gasteiger partial charge in [-0.2, -0.15) is 5.10 Å². The van der Waals surface area contributed by atoms with E-state index < -0.39 is 5.97 Å². The van der Waals surface area contributed by atoms with Crippen molar-refractivity contribution in [3.05, 3.63) is 11.9 Å². The van der Waals surface area contributed by atoms with Crippen LogP contribution in [0, 0.1) is 5.92 Å². The summed E-state index contributed by atoms with van der Waals surface area (Å²) in [6, 6.07) is 0. The number of carbonyl (C=O) groups is 2. The Balaban J connectivity index is 2.08. The van der Waals surface area contributed by atoms with Gasteiger partial charge in [0, 0.05) is 19.2 Å². The summed E-state index contributed by atoms with van der Waals surface area (Å²) < 4.78 is 1.39. The van der Waals surface area contributed by atoms with E-state index in [1.807, 2.05) is 0 Å². The van der Waals surface area contributed by atoms with Crippen LogP contribution in [0.4, 0.5) is 5.69 Å². The second-order valence-electron chi connectivity index (χ2n) is 4.69. The van der Waals surface area contributed by atoms with Crippen molar-refractivity contribution in [3.8, 4) is 0 Å². The third-order valence-electron chi connectivity index (χ3n) is 3.27. The van der Waals surface area contributed by atoms with Gasteiger partial charge in [0.15, 0.2) is 5.69 Å². The van der Waals surface area contributed by atoms with E-state index in [4.69, 9.17) is 5.11 Å². The molecule has 0 atom stereocenters. The summed E-state index contributed by atoms with van der Waals surface area (Å²) in [5, 5.41) is 15.5. The number of hydrogen-bond donors (Lipinski definition) is 2. The molecule has 1 aromatic rings. The van der Waals surface area contributed by atoms with E-state index in [1.165, 1.54) is 17.3 Å². The Morgan fingerprint density at radius 1 is 1.39 bits per heavy atom. The van der Waals surface area contributed by atoms with E-state index in [0.29, 0.717) is 0 Å². The van der Waals surface area contributed by atoms with E-state index in [9.17, 15) is 9.59 Å². The van der Waals surface area contributed by atoms with E-state index in [0.717, 1.165) is 25.7 Å². The highest BCUT2D eigenvalue weighted by atomic mass is 16.4. The van der Waals surface area contributed by atoms with Crippen LogP contribution >= 0.6 is 0 Å². The number of nitrogens with zero attached hydrogens (tertiary/aromatic N) is 2. The molecule has 1 amide bonds. The zero-order valence-corrected chi connectivity index (χ0v) is 10.3. The first-order chi connectivity index (χ1) is 8.58. The number of carboxylic acid groups (broad SMARTS) is 1. The molecule has 0 aromatic carbocycles. The largest absolute Gasteiger partial charge is 0.476 e. The van der Waals surface area contributed by atoms with E-state index in [2.05, 4.69) is 10.4 Å². The molecule has 1 fully saturated rings. The monoisotopic (exact) mass is 251 g/mol. The van der Waals surface area contributed by atoms with Gasteiger partial charge in [-0.3, -0.25) is 9.48 Å². The first-order valence-corrected chi connectivity index (χ1v) is 6.15. The summed E-state index contributed by atoms with van der Waals surface area (Å²) >= 11 is 0. The summed E-state index contributed by atoms with van der Waals surface area (Å²) in [5.41, 5.74) is 0.169. The number of amides is 1. The summed E-state index contributed by atoms with van der Waals surface area (Å²) in [7, 11) is 1.63. The van der Waals surface area contributed by atoms with Crippen molar-refractivity contribution in [2.45, 2.75) is 32.1 Å². The number of anilines is 1. The molecular formula is C12H17N3O3. The lowest BCUT2D eigenvalue weighted by molar-refractivity contribution is -0.120. The number of aryl methyl sites for hydroxylation is 1. The number of nitrogens with one attached hydrogen (secondary N) is 1. The molecule has 0 spiro atoms. The number of aromatic carboxylic acids is 1. The summed E-state index contributed by atoms with van der Waals surface area (Å²) in [4.78, 5) is 23.0. The van der Waals surface area contributed by atoms with Gasteiger partial charge in [-0.15, -0.1) is 0 Å². The molecule has 1 heterocycles. The zero-order valence-electron chi connectivity index (χ0n) is 10.3. The van der Waals surface area contributed by atoms with Gasteiger partial charge >= 0.3 is 5.97 Å². The fraction of sp³-hybridized carbons (Fsp3) is 0.583. The van der Waals surface area contributed by atoms with Crippen molar-refractivity contribution in [1.29, 1.82) is 0 Å². The molecule has 98 valence electrons. The molecule has 0 unspecified atom stereocenters. The Kier molecular flexibility index (Phi) is 3.64. The molecule has 2 N–H and O–H groups in total. The van der Waals surface area contributed by atoms with Crippen molar-refractivity contribution in [2.75, 3.05) is 5.32 Å². The predicted molar refractivity (Wildman–Crippen MR) is 65.4 cm³/mol. The van der Waals surface area contributed by atoms with Crippen molar-refractivity contribution in [1.82, 2.24) is 9.78 Å². The zero-order chi connectivity index (χ0) is 13.1. The van der Waals surface area contributed by atoms with Crippen molar-refractivity contribution in [2.24, 2.45) is 13.0 Å². The lowest BCUT2D eigenvalue weighted by Gasteiger charge is -2.20. The third kappa shape index (κ3) is 2.69. The molecule has 1 aliphatic carbocycles. The van der Waals surface area contributed by atoms with Gasteiger partial charge in [0.05, 0.1) is 5.69 Å². The first kappa shape index (κ1) is 12.6. The van der Waals surface area contributed by atoms with Crippen molar-refractivity contribution < 1.29 is 14.7 Å². The van der Waals surface area contributed by atoms with Gasteiger partial charge in [-0.05, 0) is 12.8 Å². The van der Waals surface area contributed by atoms with Gasteiger partial charge in [-0.1, -0.05) is 19.3 Å². The molecule has 0 bridgehead atoms.